The number of carbonyl (C=O) groups excluding carboxylic acids is 1. The molecule has 0 saturated carbocycles. The third kappa shape index (κ3) is 4.28. The lowest BCUT2D eigenvalue weighted by atomic mass is 9.89. The second-order valence-electron chi connectivity index (χ2n) is 6.82. The summed E-state index contributed by atoms with van der Waals surface area (Å²) in [6, 6.07) is 7.97. The molecule has 2 heterocycles. The SMILES string of the molecule is NC1(C(=O)N2CCCN(Cc3ccc(Cl)cc3)CC2)CCOCC1. The van der Waals surface area contributed by atoms with Gasteiger partial charge in [-0.25, -0.2) is 0 Å². The minimum atomic E-state index is -0.733. The van der Waals surface area contributed by atoms with Crippen molar-refractivity contribution < 1.29 is 9.53 Å². The Morgan fingerprint density at radius 1 is 1.12 bits per heavy atom. The molecule has 0 aromatic heterocycles. The molecule has 0 aliphatic carbocycles. The van der Waals surface area contributed by atoms with E-state index in [9.17, 15) is 4.79 Å². The zero-order chi connectivity index (χ0) is 17.0. The van der Waals surface area contributed by atoms with Crippen LogP contribution in [0.3, 0.4) is 0 Å². The van der Waals surface area contributed by atoms with Crippen LogP contribution < -0.4 is 5.73 Å². The number of hydrogen-bond donors (Lipinski definition) is 1. The zero-order valence-corrected chi connectivity index (χ0v) is 14.8. The van der Waals surface area contributed by atoms with Gasteiger partial charge < -0.3 is 15.4 Å². The molecule has 1 amide bonds. The zero-order valence-electron chi connectivity index (χ0n) is 14.0. The number of nitrogens with two attached hydrogens (primary N) is 1. The van der Waals surface area contributed by atoms with Crippen molar-refractivity contribution in [1.82, 2.24) is 9.80 Å². The number of amides is 1. The van der Waals surface area contributed by atoms with E-state index in [0.717, 1.165) is 44.2 Å². The highest BCUT2D eigenvalue weighted by Crippen LogP contribution is 2.22. The van der Waals surface area contributed by atoms with Crippen molar-refractivity contribution in [2.75, 3.05) is 39.4 Å². The van der Waals surface area contributed by atoms with Crippen molar-refractivity contribution >= 4 is 17.5 Å². The topological polar surface area (TPSA) is 58.8 Å². The number of nitrogens with zero attached hydrogens (tertiary/aromatic N) is 2. The highest BCUT2D eigenvalue weighted by molar-refractivity contribution is 6.30. The van der Waals surface area contributed by atoms with E-state index >= 15 is 0 Å². The van der Waals surface area contributed by atoms with Crippen LogP contribution in [0.4, 0.5) is 0 Å². The first-order valence-corrected chi connectivity index (χ1v) is 9.07. The van der Waals surface area contributed by atoms with Crippen LogP contribution in [-0.4, -0.2) is 60.6 Å². The summed E-state index contributed by atoms with van der Waals surface area (Å²) in [4.78, 5) is 17.2. The molecule has 2 N–H and O–H groups in total. The highest BCUT2D eigenvalue weighted by Gasteiger charge is 2.39. The molecule has 0 unspecified atom stereocenters. The van der Waals surface area contributed by atoms with E-state index in [1.165, 1.54) is 5.56 Å². The maximum atomic E-state index is 12.8. The Balaban J connectivity index is 1.56. The molecule has 2 aliphatic heterocycles. The largest absolute Gasteiger partial charge is 0.381 e. The first-order chi connectivity index (χ1) is 11.6. The Kier molecular flexibility index (Phi) is 5.76. The quantitative estimate of drug-likeness (QED) is 0.903. The maximum Gasteiger partial charge on any atom is 0.242 e. The number of ether oxygens (including phenoxy) is 1. The molecule has 1 aromatic rings. The second-order valence-corrected chi connectivity index (χ2v) is 7.25. The van der Waals surface area contributed by atoms with Crippen LogP contribution in [0, 0.1) is 0 Å². The molecule has 2 fully saturated rings. The van der Waals surface area contributed by atoms with Gasteiger partial charge in [-0.05, 0) is 37.0 Å². The third-order valence-corrected chi connectivity index (χ3v) is 5.26. The van der Waals surface area contributed by atoms with Gasteiger partial charge in [0.1, 0.15) is 0 Å². The Morgan fingerprint density at radius 3 is 2.54 bits per heavy atom. The summed E-state index contributed by atoms with van der Waals surface area (Å²) in [5, 5.41) is 0.760. The molecule has 3 rings (SSSR count). The summed E-state index contributed by atoms with van der Waals surface area (Å²) in [7, 11) is 0. The summed E-state index contributed by atoms with van der Waals surface area (Å²) in [6.07, 6.45) is 2.22. The first-order valence-electron chi connectivity index (χ1n) is 8.70. The number of hydrogen-bond acceptors (Lipinski definition) is 4. The van der Waals surface area contributed by atoms with E-state index in [2.05, 4.69) is 17.0 Å². The normalized spacial score (nSPS) is 22.2. The minimum Gasteiger partial charge on any atom is -0.381 e. The maximum absolute atomic E-state index is 12.8. The van der Waals surface area contributed by atoms with E-state index in [4.69, 9.17) is 22.1 Å². The Labute approximate surface area is 148 Å². The molecule has 5 nitrogen and oxygen atoms in total. The number of rotatable bonds is 3. The average Bonchev–Trinajstić information content (AvgIpc) is 2.82. The van der Waals surface area contributed by atoms with Crippen molar-refractivity contribution in [2.24, 2.45) is 5.73 Å². The first kappa shape index (κ1) is 17.7. The summed E-state index contributed by atoms with van der Waals surface area (Å²) in [6.45, 7) is 5.45. The van der Waals surface area contributed by atoms with Crippen molar-refractivity contribution in [1.29, 1.82) is 0 Å². The molecule has 132 valence electrons. The predicted molar refractivity (Wildman–Crippen MR) is 94.9 cm³/mol. The van der Waals surface area contributed by atoms with Gasteiger partial charge in [-0.1, -0.05) is 23.7 Å². The van der Waals surface area contributed by atoms with Crippen molar-refractivity contribution in [3.63, 3.8) is 0 Å². The summed E-state index contributed by atoms with van der Waals surface area (Å²) in [5.41, 5.74) is 6.88. The third-order valence-electron chi connectivity index (χ3n) is 5.01. The summed E-state index contributed by atoms with van der Waals surface area (Å²) < 4.78 is 5.35. The van der Waals surface area contributed by atoms with Gasteiger partial charge in [0.2, 0.25) is 5.91 Å². The Bertz CT molecular complexity index is 558. The smallest absolute Gasteiger partial charge is 0.242 e. The number of halogens is 1. The van der Waals surface area contributed by atoms with Crippen molar-refractivity contribution in [3.05, 3.63) is 34.9 Å². The van der Waals surface area contributed by atoms with Gasteiger partial charge in [-0.3, -0.25) is 9.69 Å². The molecule has 0 bridgehead atoms. The van der Waals surface area contributed by atoms with Gasteiger partial charge in [0.25, 0.3) is 0 Å². The van der Waals surface area contributed by atoms with Crippen molar-refractivity contribution in [3.8, 4) is 0 Å². The van der Waals surface area contributed by atoms with E-state index in [0.29, 0.717) is 26.1 Å². The monoisotopic (exact) mass is 351 g/mol. The van der Waals surface area contributed by atoms with Crippen LogP contribution in [0.2, 0.25) is 5.02 Å². The van der Waals surface area contributed by atoms with E-state index in [-0.39, 0.29) is 5.91 Å². The molecule has 24 heavy (non-hydrogen) atoms. The molecular weight excluding hydrogens is 326 g/mol. The lowest BCUT2D eigenvalue weighted by Crippen LogP contribution is -2.58. The minimum absolute atomic E-state index is 0.0964. The van der Waals surface area contributed by atoms with Crippen molar-refractivity contribution in [2.45, 2.75) is 31.3 Å². The average molecular weight is 352 g/mol. The van der Waals surface area contributed by atoms with Gasteiger partial charge in [0.15, 0.2) is 0 Å². The lowest BCUT2D eigenvalue weighted by Gasteiger charge is -2.36. The van der Waals surface area contributed by atoms with Crippen LogP contribution in [0.5, 0.6) is 0 Å². The van der Waals surface area contributed by atoms with Gasteiger partial charge in [-0.2, -0.15) is 0 Å². The molecule has 2 aliphatic rings. The molecule has 0 radical (unpaired) electrons. The number of carbonyl (C=O) groups is 1. The fraction of sp³-hybridized carbons (Fsp3) is 0.611. The molecule has 6 heteroatoms. The van der Waals surface area contributed by atoms with E-state index in [1.54, 1.807) is 0 Å². The molecule has 0 spiro atoms. The van der Waals surface area contributed by atoms with Gasteiger partial charge in [0, 0.05) is 51.0 Å². The number of benzene rings is 1. The highest BCUT2D eigenvalue weighted by atomic mass is 35.5. The van der Waals surface area contributed by atoms with Gasteiger partial charge in [0.05, 0.1) is 5.54 Å². The van der Waals surface area contributed by atoms with Gasteiger partial charge >= 0.3 is 0 Å². The second kappa shape index (κ2) is 7.83. The standard InChI is InChI=1S/C18H26ClN3O2/c19-16-4-2-15(3-5-16)14-21-8-1-9-22(11-10-21)17(23)18(20)6-12-24-13-7-18/h2-5H,1,6-14,20H2. The van der Waals surface area contributed by atoms with Crippen LogP contribution in [0.25, 0.3) is 0 Å². The Hall–Kier alpha value is -1.14. The lowest BCUT2D eigenvalue weighted by molar-refractivity contribution is -0.140. The van der Waals surface area contributed by atoms with Gasteiger partial charge in [-0.15, -0.1) is 0 Å². The summed E-state index contributed by atoms with van der Waals surface area (Å²) in [5.74, 6) is 0.0964. The summed E-state index contributed by atoms with van der Waals surface area (Å²) >= 11 is 5.94. The van der Waals surface area contributed by atoms with E-state index in [1.807, 2.05) is 17.0 Å². The van der Waals surface area contributed by atoms with Crippen LogP contribution in [0.1, 0.15) is 24.8 Å². The molecule has 2 saturated heterocycles. The fourth-order valence-corrected chi connectivity index (χ4v) is 3.57. The Morgan fingerprint density at radius 2 is 1.83 bits per heavy atom. The van der Waals surface area contributed by atoms with Crippen LogP contribution in [0.15, 0.2) is 24.3 Å². The van der Waals surface area contributed by atoms with Crippen LogP contribution in [-0.2, 0) is 16.1 Å². The molecular formula is C18H26ClN3O2. The van der Waals surface area contributed by atoms with Crippen LogP contribution >= 0.6 is 11.6 Å². The molecule has 1 aromatic carbocycles. The fourth-order valence-electron chi connectivity index (χ4n) is 3.44. The van der Waals surface area contributed by atoms with E-state index < -0.39 is 5.54 Å². The molecule has 0 atom stereocenters. The predicted octanol–water partition coefficient (Wildman–Crippen LogP) is 1.88.